The lowest BCUT2D eigenvalue weighted by atomic mass is 9.93. The number of nitrogens with one attached hydrogen (secondary N) is 1. The van der Waals surface area contributed by atoms with Crippen LogP contribution in [0.1, 0.15) is 25.7 Å². The van der Waals surface area contributed by atoms with E-state index in [1.165, 1.54) is 0 Å². The quantitative estimate of drug-likeness (QED) is 0.853. The Labute approximate surface area is 160 Å². The van der Waals surface area contributed by atoms with Crippen LogP contribution in [0.25, 0.3) is 0 Å². The largest absolute Gasteiger partial charge is 0.497 e. The summed E-state index contributed by atoms with van der Waals surface area (Å²) in [5.74, 6) is 1.40. The first kappa shape index (κ1) is 19.5. The van der Waals surface area contributed by atoms with E-state index in [-0.39, 0.29) is 23.7 Å². The Bertz CT molecular complexity index is 664. The molecule has 1 N–H and O–H groups in total. The van der Waals surface area contributed by atoms with Crippen molar-refractivity contribution in [3.63, 3.8) is 0 Å². The third-order valence-corrected chi connectivity index (χ3v) is 5.41. The van der Waals surface area contributed by atoms with Crippen molar-refractivity contribution in [3.8, 4) is 11.5 Å². The number of nitrogens with zero attached hydrogens (tertiary/aromatic N) is 1. The van der Waals surface area contributed by atoms with Crippen LogP contribution >= 0.6 is 0 Å². The van der Waals surface area contributed by atoms with Crippen LogP contribution in [0.5, 0.6) is 11.5 Å². The molecule has 0 aromatic heterocycles. The van der Waals surface area contributed by atoms with Crippen molar-refractivity contribution in [2.24, 2.45) is 11.8 Å². The van der Waals surface area contributed by atoms with Crippen molar-refractivity contribution in [2.45, 2.75) is 25.7 Å². The molecule has 1 aromatic carbocycles. The highest BCUT2D eigenvalue weighted by molar-refractivity contribution is 5.94. The van der Waals surface area contributed by atoms with Gasteiger partial charge in [-0.1, -0.05) is 0 Å². The number of benzene rings is 1. The second kappa shape index (κ2) is 9.08. The molecule has 0 atom stereocenters. The third kappa shape index (κ3) is 4.71. The molecule has 7 nitrogen and oxygen atoms in total. The molecule has 2 fully saturated rings. The van der Waals surface area contributed by atoms with Gasteiger partial charge in [0.05, 0.1) is 19.9 Å². The number of hydrogen-bond acceptors (Lipinski definition) is 5. The Balaban J connectivity index is 1.53. The topological polar surface area (TPSA) is 77.1 Å². The summed E-state index contributed by atoms with van der Waals surface area (Å²) in [7, 11) is 3.15. The number of carbonyl (C=O) groups excluding carboxylic acids is 2. The maximum absolute atomic E-state index is 12.7. The van der Waals surface area contributed by atoms with Crippen molar-refractivity contribution in [1.82, 2.24) is 4.90 Å². The molecule has 0 bridgehead atoms. The van der Waals surface area contributed by atoms with Crippen molar-refractivity contribution in [2.75, 3.05) is 45.8 Å². The van der Waals surface area contributed by atoms with E-state index >= 15 is 0 Å². The summed E-state index contributed by atoms with van der Waals surface area (Å²) in [6.07, 6.45) is 2.96. The van der Waals surface area contributed by atoms with Crippen LogP contribution in [0.2, 0.25) is 0 Å². The van der Waals surface area contributed by atoms with E-state index in [1.54, 1.807) is 32.4 Å². The predicted molar refractivity (Wildman–Crippen MR) is 101 cm³/mol. The average Bonchev–Trinajstić information content (AvgIpc) is 2.74. The first-order valence-corrected chi connectivity index (χ1v) is 9.51. The lowest BCUT2D eigenvalue weighted by Crippen LogP contribution is -2.45. The van der Waals surface area contributed by atoms with Crippen molar-refractivity contribution >= 4 is 17.5 Å². The fourth-order valence-corrected chi connectivity index (χ4v) is 3.70. The van der Waals surface area contributed by atoms with Gasteiger partial charge in [-0.3, -0.25) is 9.59 Å². The molecule has 2 heterocycles. The van der Waals surface area contributed by atoms with E-state index in [1.807, 2.05) is 4.90 Å². The zero-order valence-electron chi connectivity index (χ0n) is 16.0. The van der Waals surface area contributed by atoms with Crippen LogP contribution in [-0.4, -0.2) is 57.2 Å². The zero-order valence-corrected chi connectivity index (χ0v) is 16.0. The Morgan fingerprint density at radius 3 is 2.37 bits per heavy atom. The van der Waals surface area contributed by atoms with Gasteiger partial charge in [-0.05, 0) is 37.8 Å². The summed E-state index contributed by atoms with van der Waals surface area (Å²) in [5, 5.41) is 2.95. The van der Waals surface area contributed by atoms with Crippen LogP contribution < -0.4 is 14.8 Å². The van der Waals surface area contributed by atoms with Crippen LogP contribution in [-0.2, 0) is 14.3 Å². The van der Waals surface area contributed by atoms with Gasteiger partial charge < -0.3 is 24.4 Å². The molecule has 2 aliphatic rings. The molecular formula is C20H28N2O5. The Morgan fingerprint density at radius 1 is 1.04 bits per heavy atom. The van der Waals surface area contributed by atoms with Crippen LogP contribution in [0.4, 0.5) is 5.69 Å². The van der Waals surface area contributed by atoms with E-state index in [0.717, 1.165) is 12.8 Å². The average molecular weight is 376 g/mol. The summed E-state index contributed by atoms with van der Waals surface area (Å²) >= 11 is 0. The van der Waals surface area contributed by atoms with Gasteiger partial charge in [0.2, 0.25) is 11.8 Å². The van der Waals surface area contributed by atoms with Crippen LogP contribution in [0.15, 0.2) is 18.2 Å². The first-order chi connectivity index (χ1) is 13.1. The molecule has 3 rings (SSSR count). The Kier molecular flexibility index (Phi) is 6.55. The van der Waals surface area contributed by atoms with Gasteiger partial charge in [-0.15, -0.1) is 0 Å². The minimum Gasteiger partial charge on any atom is -0.497 e. The number of likely N-dealkylation sites (tertiary alicyclic amines) is 1. The number of piperidine rings is 1. The maximum atomic E-state index is 12.7. The second-order valence-corrected chi connectivity index (χ2v) is 7.04. The SMILES string of the molecule is COc1ccc(NC(=O)C2CCN(C(=O)C3CCOCC3)CC2)c(OC)c1. The highest BCUT2D eigenvalue weighted by atomic mass is 16.5. The fraction of sp³-hybridized carbons (Fsp3) is 0.600. The van der Waals surface area contributed by atoms with Gasteiger partial charge in [0, 0.05) is 44.2 Å². The molecule has 0 radical (unpaired) electrons. The Hall–Kier alpha value is -2.28. The molecule has 2 amide bonds. The minimum atomic E-state index is -0.101. The number of carbonyl (C=O) groups is 2. The van der Waals surface area contributed by atoms with Gasteiger partial charge in [0.15, 0.2) is 0 Å². The molecule has 0 spiro atoms. The van der Waals surface area contributed by atoms with Gasteiger partial charge >= 0.3 is 0 Å². The van der Waals surface area contributed by atoms with Crippen LogP contribution in [0, 0.1) is 11.8 Å². The van der Waals surface area contributed by atoms with Gasteiger partial charge in [-0.25, -0.2) is 0 Å². The second-order valence-electron chi connectivity index (χ2n) is 7.04. The summed E-state index contributed by atoms with van der Waals surface area (Å²) in [6.45, 7) is 2.60. The molecule has 2 saturated heterocycles. The monoisotopic (exact) mass is 376 g/mol. The molecule has 148 valence electrons. The van der Waals surface area contributed by atoms with Gasteiger partial charge in [0.1, 0.15) is 11.5 Å². The maximum Gasteiger partial charge on any atom is 0.227 e. The number of amides is 2. The normalized spacial score (nSPS) is 18.8. The number of anilines is 1. The predicted octanol–water partition coefficient (Wildman–Crippen LogP) is 2.31. The van der Waals surface area contributed by atoms with Gasteiger partial charge in [-0.2, -0.15) is 0 Å². The third-order valence-electron chi connectivity index (χ3n) is 5.41. The molecule has 2 aliphatic heterocycles. The molecular weight excluding hydrogens is 348 g/mol. The van der Waals surface area contributed by atoms with Gasteiger partial charge in [0.25, 0.3) is 0 Å². The standard InChI is InChI=1S/C20H28N2O5/c1-25-16-3-4-17(18(13-16)26-2)21-19(23)14-5-9-22(10-6-14)20(24)15-7-11-27-12-8-15/h3-4,13-15H,5-12H2,1-2H3,(H,21,23). The summed E-state index contributed by atoms with van der Waals surface area (Å²) in [5.41, 5.74) is 0.629. The number of methoxy groups -OCH3 is 2. The lowest BCUT2D eigenvalue weighted by Gasteiger charge is -2.34. The van der Waals surface area contributed by atoms with Crippen molar-refractivity contribution in [1.29, 1.82) is 0 Å². The minimum absolute atomic E-state index is 0.0309. The van der Waals surface area contributed by atoms with E-state index < -0.39 is 0 Å². The van der Waals surface area contributed by atoms with Crippen molar-refractivity contribution < 1.29 is 23.8 Å². The highest BCUT2D eigenvalue weighted by Crippen LogP contribution is 2.30. The molecule has 1 aromatic rings. The van der Waals surface area contributed by atoms with E-state index in [9.17, 15) is 9.59 Å². The molecule has 0 saturated carbocycles. The molecule has 7 heteroatoms. The van der Waals surface area contributed by atoms with Crippen LogP contribution in [0.3, 0.4) is 0 Å². The van der Waals surface area contributed by atoms with E-state index in [4.69, 9.17) is 14.2 Å². The molecule has 0 unspecified atom stereocenters. The first-order valence-electron chi connectivity index (χ1n) is 9.51. The smallest absolute Gasteiger partial charge is 0.227 e. The zero-order chi connectivity index (χ0) is 19.2. The highest BCUT2D eigenvalue weighted by Gasteiger charge is 2.31. The number of hydrogen-bond donors (Lipinski definition) is 1. The molecule has 27 heavy (non-hydrogen) atoms. The summed E-state index contributed by atoms with van der Waals surface area (Å²) in [6, 6.07) is 5.30. The number of rotatable bonds is 5. The summed E-state index contributed by atoms with van der Waals surface area (Å²) < 4.78 is 15.8. The Morgan fingerprint density at radius 2 is 1.74 bits per heavy atom. The lowest BCUT2D eigenvalue weighted by molar-refractivity contribution is -0.141. The van der Waals surface area contributed by atoms with E-state index in [0.29, 0.717) is 56.3 Å². The van der Waals surface area contributed by atoms with E-state index in [2.05, 4.69) is 5.32 Å². The summed E-state index contributed by atoms with van der Waals surface area (Å²) in [4.78, 5) is 27.2. The fourth-order valence-electron chi connectivity index (χ4n) is 3.70. The number of ether oxygens (including phenoxy) is 3. The molecule has 0 aliphatic carbocycles. The van der Waals surface area contributed by atoms with Crippen molar-refractivity contribution in [3.05, 3.63) is 18.2 Å².